The second-order valence-corrected chi connectivity index (χ2v) is 3.96. The van der Waals surface area contributed by atoms with Gasteiger partial charge in [0.15, 0.2) is 0 Å². The smallest absolute Gasteiger partial charge is 0.00412 e. The Kier molecular flexibility index (Phi) is 3.92. The van der Waals surface area contributed by atoms with Crippen molar-refractivity contribution in [3.05, 3.63) is 0 Å². The van der Waals surface area contributed by atoms with E-state index in [2.05, 4.69) is 19.2 Å². The Morgan fingerprint density at radius 3 is 1.73 bits per heavy atom. The van der Waals surface area contributed by atoms with Crippen molar-refractivity contribution in [2.45, 2.75) is 64.5 Å². The third-order valence-electron chi connectivity index (χ3n) is 2.59. The standard InChI is InChI=1S/C10H21N/c1-9-7-5-3-4-6-8-10(2)11-9/h9-11H,3-8H2,1-2H3. The molecule has 2 unspecified atom stereocenters. The third-order valence-corrected chi connectivity index (χ3v) is 2.59. The van der Waals surface area contributed by atoms with Crippen molar-refractivity contribution in [3.8, 4) is 0 Å². The summed E-state index contributed by atoms with van der Waals surface area (Å²) < 4.78 is 0. The Labute approximate surface area is 70.6 Å². The second kappa shape index (κ2) is 4.76. The number of rotatable bonds is 0. The van der Waals surface area contributed by atoms with Crippen LogP contribution in [0.25, 0.3) is 0 Å². The molecule has 0 radical (unpaired) electrons. The monoisotopic (exact) mass is 155 g/mol. The van der Waals surface area contributed by atoms with Gasteiger partial charge in [-0.25, -0.2) is 0 Å². The minimum Gasteiger partial charge on any atom is -0.312 e. The molecule has 0 spiro atoms. The van der Waals surface area contributed by atoms with Crippen LogP contribution < -0.4 is 5.32 Å². The average molecular weight is 155 g/mol. The maximum Gasteiger partial charge on any atom is 0.00412 e. The summed E-state index contributed by atoms with van der Waals surface area (Å²) in [4.78, 5) is 0. The van der Waals surface area contributed by atoms with E-state index in [1.807, 2.05) is 0 Å². The summed E-state index contributed by atoms with van der Waals surface area (Å²) in [7, 11) is 0. The van der Waals surface area contributed by atoms with E-state index in [9.17, 15) is 0 Å². The van der Waals surface area contributed by atoms with Gasteiger partial charge in [-0.2, -0.15) is 0 Å². The predicted molar refractivity (Wildman–Crippen MR) is 49.8 cm³/mol. The highest BCUT2D eigenvalue weighted by Gasteiger charge is 2.08. The highest BCUT2D eigenvalue weighted by atomic mass is 14.9. The zero-order valence-corrected chi connectivity index (χ0v) is 7.90. The van der Waals surface area contributed by atoms with E-state index in [0.29, 0.717) is 0 Å². The SMILES string of the molecule is CC1CCCCCCC(C)N1. The van der Waals surface area contributed by atoms with Crippen LogP contribution in [0.1, 0.15) is 52.4 Å². The molecule has 1 N–H and O–H groups in total. The zero-order valence-electron chi connectivity index (χ0n) is 7.90. The highest BCUT2D eigenvalue weighted by molar-refractivity contribution is 4.69. The summed E-state index contributed by atoms with van der Waals surface area (Å²) >= 11 is 0. The van der Waals surface area contributed by atoms with Crippen LogP contribution in [-0.4, -0.2) is 12.1 Å². The van der Waals surface area contributed by atoms with E-state index >= 15 is 0 Å². The van der Waals surface area contributed by atoms with Crippen molar-refractivity contribution < 1.29 is 0 Å². The molecule has 1 nitrogen and oxygen atoms in total. The van der Waals surface area contributed by atoms with Crippen molar-refractivity contribution in [1.29, 1.82) is 0 Å². The lowest BCUT2D eigenvalue weighted by Crippen LogP contribution is -2.33. The molecule has 1 rings (SSSR count). The van der Waals surface area contributed by atoms with Crippen molar-refractivity contribution in [3.63, 3.8) is 0 Å². The molecule has 0 saturated carbocycles. The van der Waals surface area contributed by atoms with E-state index in [1.54, 1.807) is 0 Å². The maximum atomic E-state index is 3.62. The molecule has 1 aliphatic heterocycles. The van der Waals surface area contributed by atoms with E-state index in [1.165, 1.54) is 38.5 Å². The van der Waals surface area contributed by atoms with Gasteiger partial charge in [-0.1, -0.05) is 25.7 Å². The first-order valence-electron chi connectivity index (χ1n) is 5.05. The summed E-state index contributed by atoms with van der Waals surface area (Å²) in [6, 6.07) is 1.48. The molecule has 0 aromatic rings. The molecule has 1 heterocycles. The van der Waals surface area contributed by atoms with Crippen LogP contribution in [0.3, 0.4) is 0 Å². The van der Waals surface area contributed by atoms with Crippen LogP contribution in [0, 0.1) is 0 Å². The van der Waals surface area contributed by atoms with E-state index in [4.69, 9.17) is 0 Å². The fourth-order valence-corrected chi connectivity index (χ4v) is 1.91. The summed E-state index contributed by atoms with van der Waals surface area (Å²) in [6.07, 6.45) is 8.45. The minimum absolute atomic E-state index is 0.739. The lowest BCUT2D eigenvalue weighted by Gasteiger charge is -2.17. The summed E-state index contributed by atoms with van der Waals surface area (Å²) in [5.41, 5.74) is 0. The van der Waals surface area contributed by atoms with Crippen LogP contribution in [-0.2, 0) is 0 Å². The Bertz CT molecular complexity index is 89.0. The Morgan fingerprint density at radius 1 is 0.818 bits per heavy atom. The maximum absolute atomic E-state index is 3.62. The van der Waals surface area contributed by atoms with Gasteiger partial charge in [0, 0.05) is 12.1 Å². The van der Waals surface area contributed by atoms with Crippen LogP contribution >= 0.6 is 0 Å². The zero-order chi connectivity index (χ0) is 8.10. The fraction of sp³-hybridized carbons (Fsp3) is 1.00. The largest absolute Gasteiger partial charge is 0.312 e. The third kappa shape index (κ3) is 3.76. The summed E-state index contributed by atoms with van der Waals surface area (Å²) in [5.74, 6) is 0. The van der Waals surface area contributed by atoms with Gasteiger partial charge >= 0.3 is 0 Å². The molecule has 1 saturated heterocycles. The van der Waals surface area contributed by atoms with Gasteiger partial charge in [0.2, 0.25) is 0 Å². The van der Waals surface area contributed by atoms with Gasteiger partial charge in [0.1, 0.15) is 0 Å². The normalized spacial score (nSPS) is 35.5. The van der Waals surface area contributed by atoms with E-state index in [0.717, 1.165) is 12.1 Å². The van der Waals surface area contributed by atoms with E-state index in [-0.39, 0.29) is 0 Å². The van der Waals surface area contributed by atoms with Crippen molar-refractivity contribution in [2.24, 2.45) is 0 Å². The molecular formula is C10H21N. The summed E-state index contributed by atoms with van der Waals surface area (Å²) in [5, 5.41) is 3.62. The minimum atomic E-state index is 0.739. The lowest BCUT2D eigenvalue weighted by molar-refractivity contribution is 0.433. The molecular weight excluding hydrogens is 134 g/mol. The molecule has 0 aromatic carbocycles. The molecule has 0 aliphatic carbocycles. The first kappa shape index (κ1) is 9.05. The number of hydrogen-bond acceptors (Lipinski definition) is 1. The van der Waals surface area contributed by atoms with Gasteiger partial charge in [-0.05, 0) is 26.7 Å². The summed E-state index contributed by atoms with van der Waals surface area (Å²) in [6.45, 7) is 4.61. The van der Waals surface area contributed by atoms with Gasteiger partial charge < -0.3 is 5.32 Å². The Balaban J connectivity index is 2.27. The van der Waals surface area contributed by atoms with Crippen molar-refractivity contribution in [1.82, 2.24) is 5.32 Å². The molecule has 11 heavy (non-hydrogen) atoms. The molecule has 66 valence electrons. The lowest BCUT2D eigenvalue weighted by atomic mass is 10.1. The topological polar surface area (TPSA) is 12.0 Å². The molecule has 0 aromatic heterocycles. The van der Waals surface area contributed by atoms with Gasteiger partial charge in [0.05, 0.1) is 0 Å². The number of nitrogens with one attached hydrogen (secondary N) is 1. The molecule has 0 bridgehead atoms. The highest BCUT2D eigenvalue weighted by Crippen LogP contribution is 2.12. The molecule has 2 atom stereocenters. The van der Waals surface area contributed by atoms with Crippen molar-refractivity contribution in [2.75, 3.05) is 0 Å². The molecule has 1 aliphatic rings. The quantitative estimate of drug-likeness (QED) is 0.567. The van der Waals surface area contributed by atoms with Crippen LogP contribution in [0.5, 0.6) is 0 Å². The second-order valence-electron chi connectivity index (χ2n) is 3.96. The van der Waals surface area contributed by atoms with Crippen LogP contribution in [0.2, 0.25) is 0 Å². The fourth-order valence-electron chi connectivity index (χ4n) is 1.91. The van der Waals surface area contributed by atoms with Gasteiger partial charge in [0.25, 0.3) is 0 Å². The van der Waals surface area contributed by atoms with Crippen LogP contribution in [0.4, 0.5) is 0 Å². The predicted octanol–water partition coefficient (Wildman–Crippen LogP) is 2.71. The van der Waals surface area contributed by atoms with Gasteiger partial charge in [-0.3, -0.25) is 0 Å². The van der Waals surface area contributed by atoms with E-state index < -0.39 is 0 Å². The molecule has 0 amide bonds. The molecule has 1 fully saturated rings. The molecule has 1 heteroatoms. The first-order valence-corrected chi connectivity index (χ1v) is 5.05. The van der Waals surface area contributed by atoms with Gasteiger partial charge in [-0.15, -0.1) is 0 Å². The average Bonchev–Trinajstić information content (AvgIpc) is 2.02. The van der Waals surface area contributed by atoms with Crippen LogP contribution in [0.15, 0.2) is 0 Å². The van der Waals surface area contributed by atoms with Crippen molar-refractivity contribution >= 4 is 0 Å². The Hall–Kier alpha value is -0.0400. The first-order chi connectivity index (χ1) is 5.29. The Morgan fingerprint density at radius 2 is 1.27 bits per heavy atom. The number of hydrogen-bond donors (Lipinski definition) is 1.